The topological polar surface area (TPSA) is 58.5 Å². The van der Waals surface area contributed by atoms with E-state index in [1.807, 2.05) is 24.0 Å². The summed E-state index contributed by atoms with van der Waals surface area (Å²) in [6.07, 6.45) is 7.19. The molecule has 0 spiro atoms. The molecule has 0 saturated heterocycles. The van der Waals surface area contributed by atoms with Crippen molar-refractivity contribution >= 4 is 5.69 Å². The number of nitrogens with one attached hydrogen (secondary N) is 2. The van der Waals surface area contributed by atoms with Gasteiger partial charge in [-0.2, -0.15) is 5.10 Å². The van der Waals surface area contributed by atoms with E-state index in [1.54, 1.807) is 12.5 Å². The molecule has 0 unspecified atom stereocenters. The maximum absolute atomic E-state index is 4.02. The monoisotopic (exact) mass is 177 g/mol. The molecule has 0 aliphatic carbocycles. The summed E-state index contributed by atoms with van der Waals surface area (Å²) >= 11 is 0. The molecule has 68 valence electrons. The minimum atomic E-state index is 0.760. The number of hydrogen-bond donors (Lipinski definition) is 2. The second-order valence-electron chi connectivity index (χ2n) is 2.84. The van der Waals surface area contributed by atoms with Crippen LogP contribution in [0.2, 0.25) is 0 Å². The SMILES string of the molecule is Cn1cncc1CNc1cn[nH]c1. The molecule has 5 nitrogen and oxygen atoms in total. The number of rotatable bonds is 3. The Morgan fingerprint density at radius 1 is 1.54 bits per heavy atom. The number of nitrogens with zero attached hydrogens (tertiary/aromatic N) is 3. The Bertz CT molecular complexity index is 362. The maximum atomic E-state index is 4.02. The number of aromatic amines is 1. The number of aromatic nitrogens is 4. The van der Waals surface area contributed by atoms with Gasteiger partial charge in [0.15, 0.2) is 0 Å². The molecule has 0 atom stereocenters. The van der Waals surface area contributed by atoms with E-state index in [2.05, 4.69) is 20.5 Å². The van der Waals surface area contributed by atoms with Crippen LogP contribution < -0.4 is 5.32 Å². The zero-order chi connectivity index (χ0) is 9.10. The van der Waals surface area contributed by atoms with E-state index in [4.69, 9.17) is 0 Å². The number of imidazole rings is 1. The Labute approximate surface area is 75.8 Å². The average Bonchev–Trinajstić information content (AvgIpc) is 2.72. The molecule has 0 amide bonds. The Balaban J connectivity index is 1.97. The Hall–Kier alpha value is -1.78. The van der Waals surface area contributed by atoms with Gasteiger partial charge in [0.1, 0.15) is 0 Å². The molecule has 0 radical (unpaired) electrons. The van der Waals surface area contributed by atoms with Crippen LogP contribution >= 0.6 is 0 Å². The van der Waals surface area contributed by atoms with Gasteiger partial charge in [0.05, 0.1) is 30.5 Å². The molecule has 2 aromatic heterocycles. The molecular formula is C8H11N5. The van der Waals surface area contributed by atoms with Gasteiger partial charge in [-0.15, -0.1) is 0 Å². The summed E-state index contributed by atoms with van der Waals surface area (Å²) < 4.78 is 1.98. The summed E-state index contributed by atoms with van der Waals surface area (Å²) in [7, 11) is 1.97. The lowest BCUT2D eigenvalue weighted by molar-refractivity contribution is 0.837. The van der Waals surface area contributed by atoms with Crippen LogP contribution in [-0.2, 0) is 13.6 Å². The Morgan fingerprint density at radius 2 is 2.46 bits per heavy atom. The summed E-state index contributed by atoms with van der Waals surface area (Å²) in [6, 6.07) is 0. The van der Waals surface area contributed by atoms with Crippen molar-refractivity contribution < 1.29 is 0 Å². The molecule has 0 aliphatic heterocycles. The number of hydrogen-bond acceptors (Lipinski definition) is 3. The second kappa shape index (κ2) is 3.30. The first kappa shape index (κ1) is 7.85. The lowest BCUT2D eigenvalue weighted by Gasteiger charge is -2.02. The molecule has 0 aromatic carbocycles. The Kier molecular flexibility index (Phi) is 1.99. The third kappa shape index (κ3) is 1.69. The van der Waals surface area contributed by atoms with Gasteiger partial charge in [-0.25, -0.2) is 4.98 Å². The first-order chi connectivity index (χ1) is 6.36. The van der Waals surface area contributed by atoms with Crippen molar-refractivity contribution in [1.29, 1.82) is 0 Å². The van der Waals surface area contributed by atoms with Gasteiger partial charge >= 0.3 is 0 Å². The van der Waals surface area contributed by atoms with Gasteiger partial charge in [-0.3, -0.25) is 5.10 Å². The van der Waals surface area contributed by atoms with Gasteiger partial charge in [0.25, 0.3) is 0 Å². The molecule has 2 N–H and O–H groups in total. The molecule has 13 heavy (non-hydrogen) atoms. The standard InChI is InChI=1S/C8H11N5/c1-13-6-9-4-8(13)5-10-7-2-11-12-3-7/h2-4,6,10H,5H2,1H3,(H,11,12). The van der Waals surface area contributed by atoms with E-state index in [0.29, 0.717) is 0 Å². The van der Waals surface area contributed by atoms with Crippen LogP contribution in [0.5, 0.6) is 0 Å². The van der Waals surface area contributed by atoms with Crippen molar-refractivity contribution in [2.24, 2.45) is 7.05 Å². The molecular weight excluding hydrogens is 166 g/mol. The summed E-state index contributed by atoms with van der Waals surface area (Å²) in [5, 5.41) is 9.79. The Morgan fingerprint density at radius 3 is 3.08 bits per heavy atom. The fraction of sp³-hybridized carbons (Fsp3) is 0.250. The van der Waals surface area contributed by atoms with E-state index in [1.165, 1.54) is 0 Å². The number of H-pyrrole nitrogens is 1. The minimum absolute atomic E-state index is 0.760. The van der Waals surface area contributed by atoms with Crippen molar-refractivity contribution in [2.45, 2.75) is 6.54 Å². The maximum Gasteiger partial charge on any atom is 0.0946 e. The van der Waals surface area contributed by atoms with Crippen LogP contribution in [0, 0.1) is 0 Å². The molecule has 0 saturated carbocycles. The lowest BCUT2D eigenvalue weighted by Crippen LogP contribution is -2.02. The predicted octanol–water partition coefficient (Wildman–Crippen LogP) is 0.755. The molecule has 0 fully saturated rings. The highest BCUT2D eigenvalue weighted by Crippen LogP contribution is 2.04. The van der Waals surface area contributed by atoms with E-state index >= 15 is 0 Å². The van der Waals surface area contributed by atoms with Crippen LogP contribution in [-0.4, -0.2) is 19.7 Å². The summed E-state index contributed by atoms with van der Waals surface area (Å²) in [6.45, 7) is 0.760. The zero-order valence-electron chi connectivity index (χ0n) is 7.36. The first-order valence-corrected chi connectivity index (χ1v) is 4.04. The van der Waals surface area contributed by atoms with Crippen LogP contribution in [0.3, 0.4) is 0 Å². The highest BCUT2D eigenvalue weighted by molar-refractivity contribution is 5.37. The van der Waals surface area contributed by atoms with E-state index < -0.39 is 0 Å². The fourth-order valence-electron chi connectivity index (χ4n) is 1.10. The molecule has 2 rings (SSSR count). The van der Waals surface area contributed by atoms with Crippen molar-refractivity contribution in [3.8, 4) is 0 Å². The number of anilines is 1. The number of aryl methyl sites for hydroxylation is 1. The highest BCUT2D eigenvalue weighted by atomic mass is 15.1. The molecule has 0 bridgehead atoms. The summed E-state index contributed by atoms with van der Waals surface area (Å²) in [5.41, 5.74) is 2.13. The van der Waals surface area contributed by atoms with Gasteiger partial charge in [-0.05, 0) is 0 Å². The van der Waals surface area contributed by atoms with Crippen LogP contribution in [0.1, 0.15) is 5.69 Å². The van der Waals surface area contributed by atoms with Crippen molar-refractivity contribution in [3.63, 3.8) is 0 Å². The van der Waals surface area contributed by atoms with Gasteiger partial charge in [0.2, 0.25) is 0 Å². The molecule has 2 aromatic rings. The lowest BCUT2D eigenvalue weighted by atomic mass is 10.4. The van der Waals surface area contributed by atoms with Crippen LogP contribution in [0.25, 0.3) is 0 Å². The third-order valence-electron chi connectivity index (χ3n) is 1.89. The fourth-order valence-corrected chi connectivity index (χ4v) is 1.10. The van der Waals surface area contributed by atoms with Crippen molar-refractivity contribution in [3.05, 3.63) is 30.6 Å². The van der Waals surface area contributed by atoms with Crippen LogP contribution in [0.4, 0.5) is 5.69 Å². The van der Waals surface area contributed by atoms with Crippen molar-refractivity contribution in [2.75, 3.05) is 5.32 Å². The minimum Gasteiger partial charge on any atom is -0.377 e. The largest absolute Gasteiger partial charge is 0.377 e. The zero-order valence-corrected chi connectivity index (χ0v) is 7.36. The summed E-state index contributed by atoms with van der Waals surface area (Å²) in [4.78, 5) is 4.02. The quantitative estimate of drug-likeness (QED) is 0.727. The smallest absolute Gasteiger partial charge is 0.0946 e. The normalized spacial score (nSPS) is 10.2. The van der Waals surface area contributed by atoms with Gasteiger partial charge in [0, 0.05) is 19.4 Å². The third-order valence-corrected chi connectivity index (χ3v) is 1.89. The predicted molar refractivity (Wildman–Crippen MR) is 49.1 cm³/mol. The van der Waals surface area contributed by atoms with E-state index in [0.717, 1.165) is 17.9 Å². The molecule has 0 aliphatic rings. The van der Waals surface area contributed by atoms with Crippen LogP contribution in [0.15, 0.2) is 24.9 Å². The van der Waals surface area contributed by atoms with E-state index in [9.17, 15) is 0 Å². The average molecular weight is 177 g/mol. The highest BCUT2D eigenvalue weighted by Gasteiger charge is 1.97. The second-order valence-corrected chi connectivity index (χ2v) is 2.84. The van der Waals surface area contributed by atoms with Gasteiger partial charge < -0.3 is 9.88 Å². The molecule has 5 heteroatoms. The molecule has 2 heterocycles. The van der Waals surface area contributed by atoms with Crippen molar-refractivity contribution in [1.82, 2.24) is 19.7 Å². The van der Waals surface area contributed by atoms with E-state index in [-0.39, 0.29) is 0 Å². The first-order valence-electron chi connectivity index (χ1n) is 4.04. The van der Waals surface area contributed by atoms with Gasteiger partial charge in [-0.1, -0.05) is 0 Å². The summed E-state index contributed by atoms with van der Waals surface area (Å²) in [5.74, 6) is 0.